The van der Waals surface area contributed by atoms with Crippen LogP contribution in [0, 0.1) is 18.3 Å². The van der Waals surface area contributed by atoms with Crippen molar-refractivity contribution in [1.29, 1.82) is 0 Å². The van der Waals surface area contributed by atoms with Crippen LogP contribution in [0.4, 0.5) is 16.4 Å². The largest absolute Gasteiger partial charge is 0.334 e. The standard InChI is InChI=1S/C26H36N8O/c1-17-10-18(22-12-23(30-16-29-22)31-24-11-21(14-27-5)32-33-24)6-7-19(17)13-28-25(35)34-9-8-20(15-34)26(2,3)4/h6-7,10-12,16,20,27H,8-9,13-15H2,1-5H3,(H,28,35)(H2,29,30,31,32,33)/t20-/m1/s1. The number of benzene rings is 1. The molecule has 2 aromatic heterocycles. The molecule has 186 valence electrons. The average molecular weight is 477 g/mol. The number of aromatic nitrogens is 4. The van der Waals surface area contributed by atoms with E-state index in [4.69, 9.17) is 0 Å². The Morgan fingerprint density at radius 3 is 2.69 bits per heavy atom. The Bertz CT molecular complexity index is 1170. The summed E-state index contributed by atoms with van der Waals surface area (Å²) in [5.41, 5.74) is 5.22. The van der Waals surface area contributed by atoms with Gasteiger partial charge in [-0.25, -0.2) is 14.8 Å². The summed E-state index contributed by atoms with van der Waals surface area (Å²) in [5.74, 6) is 1.92. The van der Waals surface area contributed by atoms with E-state index in [0.717, 1.165) is 47.6 Å². The van der Waals surface area contributed by atoms with Crippen LogP contribution in [0.15, 0.2) is 36.7 Å². The molecule has 0 spiro atoms. The van der Waals surface area contributed by atoms with E-state index < -0.39 is 0 Å². The maximum absolute atomic E-state index is 12.7. The Hall–Kier alpha value is -3.46. The highest BCUT2D eigenvalue weighted by atomic mass is 16.2. The lowest BCUT2D eigenvalue weighted by molar-refractivity contribution is 0.196. The molecule has 9 heteroatoms. The van der Waals surface area contributed by atoms with E-state index in [1.54, 1.807) is 6.33 Å². The van der Waals surface area contributed by atoms with Crippen molar-refractivity contribution in [3.63, 3.8) is 0 Å². The van der Waals surface area contributed by atoms with Gasteiger partial charge < -0.3 is 20.9 Å². The van der Waals surface area contributed by atoms with Crippen molar-refractivity contribution in [1.82, 2.24) is 35.7 Å². The molecule has 1 saturated heterocycles. The van der Waals surface area contributed by atoms with Crippen molar-refractivity contribution in [3.8, 4) is 11.3 Å². The maximum Gasteiger partial charge on any atom is 0.317 e. The first-order valence-electron chi connectivity index (χ1n) is 12.1. The van der Waals surface area contributed by atoms with Crippen molar-refractivity contribution < 1.29 is 4.79 Å². The molecular formula is C26H36N8O. The Balaban J connectivity index is 1.37. The highest BCUT2D eigenvalue weighted by molar-refractivity contribution is 5.74. The molecule has 9 nitrogen and oxygen atoms in total. The van der Waals surface area contributed by atoms with Crippen LogP contribution in [-0.2, 0) is 13.1 Å². The normalized spacial score (nSPS) is 15.9. The summed E-state index contributed by atoms with van der Waals surface area (Å²) in [6.07, 6.45) is 2.61. The summed E-state index contributed by atoms with van der Waals surface area (Å²) in [5, 5.41) is 16.6. The molecule has 1 aliphatic heterocycles. The Labute approximate surface area is 207 Å². The smallest absolute Gasteiger partial charge is 0.317 e. The van der Waals surface area contributed by atoms with Crippen LogP contribution < -0.4 is 16.0 Å². The van der Waals surface area contributed by atoms with Crippen LogP contribution in [0.25, 0.3) is 11.3 Å². The summed E-state index contributed by atoms with van der Waals surface area (Å²) < 4.78 is 0. The highest BCUT2D eigenvalue weighted by Crippen LogP contribution is 2.33. The molecule has 35 heavy (non-hydrogen) atoms. The Morgan fingerprint density at radius 2 is 1.97 bits per heavy atom. The van der Waals surface area contributed by atoms with Crippen LogP contribution in [0.1, 0.15) is 44.0 Å². The van der Waals surface area contributed by atoms with Gasteiger partial charge in [0.2, 0.25) is 0 Å². The molecule has 0 radical (unpaired) electrons. The van der Waals surface area contributed by atoms with Crippen LogP contribution >= 0.6 is 0 Å². The third-order valence-corrected chi connectivity index (χ3v) is 6.69. The number of carbonyl (C=O) groups is 1. The molecule has 4 N–H and O–H groups in total. The van der Waals surface area contributed by atoms with Gasteiger partial charge in [-0.1, -0.05) is 32.9 Å². The van der Waals surface area contributed by atoms with Gasteiger partial charge in [0.15, 0.2) is 5.82 Å². The van der Waals surface area contributed by atoms with Gasteiger partial charge in [-0.2, -0.15) is 5.10 Å². The summed E-state index contributed by atoms with van der Waals surface area (Å²) >= 11 is 0. The molecule has 3 aromatic rings. The number of urea groups is 1. The summed E-state index contributed by atoms with van der Waals surface area (Å²) in [7, 11) is 1.89. The molecule has 3 heterocycles. The highest BCUT2D eigenvalue weighted by Gasteiger charge is 2.33. The SMILES string of the molecule is CNCc1cc(Nc2cc(-c3ccc(CNC(=O)N4CC[C@@H](C(C)(C)C)C4)c(C)c3)ncn2)n[nH]1. The molecule has 0 saturated carbocycles. The van der Waals surface area contributed by atoms with Gasteiger partial charge in [0.05, 0.1) is 11.4 Å². The van der Waals surface area contributed by atoms with E-state index in [2.05, 4.69) is 75.9 Å². The van der Waals surface area contributed by atoms with Crippen LogP contribution in [-0.4, -0.2) is 51.2 Å². The topological polar surface area (TPSA) is 111 Å². The minimum Gasteiger partial charge on any atom is -0.334 e. The van der Waals surface area contributed by atoms with E-state index in [9.17, 15) is 4.79 Å². The van der Waals surface area contributed by atoms with E-state index in [0.29, 0.717) is 30.6 Å². The molecule has 4 rings (SSSR count). The Morgan fingerprint density at radius 1 is 1.14 bits per heavy atom. The number of hydrogen-bond donors (Lipinski definition) is 4. The second-order valence-corrected chi connectivity index (χ2v) is 10.3. The predicted molar refractivity (Wildman–Crippen MR) is 138 cm³/mol. The third kappa shape index (κ3) is 6.16. The van der Waals surface area contributed by atoms with E-state index in [1.807, 2.05) is 30.1 Å². The zero-order chi connectivity index (χ0) is 25.0. The first kappa shape index (κ1) is 24.7. The first-order valence-corrected chi connectivity index (χ1v) is 12.1. The molecule has 0 unspecified atom stereocenters. The number of nitrogens with one attached hydrogen (secondary N) is 4. The van der Waals surface area contributed by atoms with Gasteiger partial charge in [-0.3, -0.25) is 5.10 Å². The Kier molecular flexibility index (Phi) is 7.35. The number of aromatic amines is 1. The number of hydrogen-bond acceptors (Lipinski definition) is 6. The predicted octanol–water partition coefficient (Wildman–Crippen LogP) is 4.22. The van der Waals surface area contributed by atoms with Gasteiger partial charge in [0, 0.05) is 43.9 Å². The maximum atomic E-state index is 12.7. The van der Waals surface area contributed by atoms with Crippen molar-refractivity contribution in [2.75, 3.05) is 25.5 Å². The molecule has 1 atom stereocenters. The first-order chi connectivity index (χ1) is 16.7. The lowest BCUT2D eigenvalue weighted by Gasteiger charge is -2.27. The second kappa shape index (κ2) is 10.4. The minimum atomic E-state index is 0.0167. The zero-order valence-corrected chi connectivity index (χ0v) is 21.3. The fourth-order valence-corrected chi connectivity index (χ4v) is 4.41. The molecule has 1 aromatic carbocycles. The molecule has 2 amide bonds. The number of rotatable bonds is 7. The number of nitrogens with zero attached hydrogens (tertiary/aromatic N) is 4. The molecule has 1 aliphatic rings. The van der Waals surface area contributed by atoms with E-state index >= 15 is 0 Å². The molecular weight excluding hydrogens is 440 g/mol. The van der Waals surface area contributed by atoms with Crippen molar-refractivity contribution >= 4 is 17.7 Å². The molecule has 0 aliphatic carbocycles. The van der Waals surface area contributed by atoms with Crippen molar-refractivity contribution in [2.24, 2.45) is 11.3 Å². The van der Waals surface area contributed by atoms with E-state index in [-0.39, 0.29) is 11.4 Å². The van der Waals surface area contributed by atoms with Crippen LogP contribution in [0.5, 0.6) is 0 Å². The van der Waals surface area contributed by atoms with Crippen molar-refractivity contribution in [3.05, 3.63) is 53.5 Å². The number of carbonyl (C=O) groups excluding carboxylic acids is 1. The lowest BCUT2D eigenvalue weighted by Crippen LogP contribution is -2.39. The number of amides is 2. The monoisotopic (exact) mass is 476 g/mol. The van der Waals surface area contributed by atoms with Crippen LogP contribution in [0.2, 0.25) is 0 Å². The van der Waals surface area contributed by atoms with Crippen LogP contribution in [0.3, 0.4) is 0 Å². The lowest BCUT2D eigenvalue weighted by atomic mass is 9.80. The third-order valence-electron chi connectivity index (χ3n) is 6.69. The van der Waals surface area contributed by atoms with Gasteiger partial charge >= 0.3 is 6.03 Å². The number of aryl methyl sites for hydroxylation is 1. The minimum absolute atomic E-state index is 0.0167. The zero-order valence-electron chi connectivity index (χ0n) is 21.3. The summed E-state index contributed by atoms with van der Waals surface area (Å²) in [6.45, 7) is 11.7. The van der Waals surface area contributed by atoms with E-state index in [1.165, 1.54) is 0 Å². The number of likely N-dealkylation sites (tertiary alicyclic amines) is 1. The fourth-order valence-electron chi connectivity index (χ4n) is 4.41. The quantitative estimate of drug-likeness (QED) is 0.406. The summed E-state index contributed by atoms with van der Waals surface area (Å²) in [4.78, 5) is 23.4. The van der Waals surface area contributed by atoms with Gasteiger partial charge in [-0.15, -0.1) is 0 Å². The molecule has 0 bridgehead atoms. The van der Waals surface area contributed by atoms with Gasteiger partial charge in [0.1, 0.15) is 12.1 Å². The number of anilines is 2. The number of H-pyrrole nitrogens is 1. The van der Waals surface area contributed by atoms with Crippen molar-refractivity contribution in [2.45, 2.75) is 47.2 Å². The molecule has 1 fully saturated rings. The second-order valence-electron chi connectivity index (χ2n) is 10.3. The average Bonchev–Trinajstić information content (AvgIpc) is 3.49. The summed E-state index contributed by atoms with van der Waals surface area (Å²) in [6, 6.07) is 10.0. The van der Waals surface area contributed by atoms with Gasteiger partial charge in [0.25, 0.3) is 0 Å². The fraction of sp³-hybridized carbons (Fsp3) is 0.462. The van der Waals surface area contributed by atoms with Gasteiger partial charge in [-0.05, 0) is 48.9 Å².